The van der Waals surface area contributed by atoms with Crippen LogP contribution in [0.5, 0.6) is 0 Å². The molecule has 0 spiro atoms. The molecule has 0 radical (unpaired) electrons. The highest BCUT2D eigenvalue weighted by atomic mass is 127. The van der Waals surface area contributed by atoms with Crippen LogP contribution in [-0.2, 0) is 17.8 Å². The quantitative estimate of drug-likeness (QED) is 0.322. The third kappa shape index (κ3) is 8.00. The highest BCUT2D eigenvalue weighted by Gasteiger charge is 2.18. The van der Waals surface area contributed by atoms with E-state index in [9.17, 15) is 0 Å². The van der Waals surface area contributed by atoms with Crippen LogP contribution in [0.1, 0.15) is 56.6 Å². The first-order valence-corrected chi connectivity index (χ1v) is 11.5. The Morgan fingerprint density at radius 1 is 1.13 bits per heavy atom. The largest absolute Gasteiger partial charge is 0.381 e. The van der Waals surface area contributed by atoms with Crippen LogP contribution < -0.4 is 5.32 Å². The summed E-state index contributed by atoms with van der Waals surface area (Å²) >= 11 is 0. The van der Waals surface area contributed by atoms with Crippen molar-refractivity contribution in [1.29, 1.82) is 0 Å². The minimum absolute atomic E-state index is 0. The topological polar surface area (TPSA) is 40.1 Å². The predicted octanol–water partition coefficient (Wildman–Crippen LogP) is 4.50. The van der Waals surface area contributed by atoms with Crippen molar-refractivity contribution in [1.82, 2.24) is 15.1 Å². The number of piperidine rings is 1. The van der Waals surface area contributed by atoms with Crippen LogP contribution in [-0.4, -0.2) is 62.2 Å². The van der Waals surface area contributed by atoms with Gasteiger partial charge in [-0.05, 0) is 62.6 Å². The number of likely N-dealkylation sites (tertiary alicyclic amines) is 1. The van der Waals surface area contributed by atoms with E-state index in [0.29, 0.717) is 6.04 Å². The number of hydrogen-bond acceptors (Lipinski definition) is 3. The van der Waals surface area contributed by atoms with E-state index in [0.717, 1.165) is 44.7 Å². The van der Waals surface area contributed by atoms with Crippen molar-refractivity contribution >= 4 is 29.9 Å². The molecule has 0 amide bonds. The molecule has 2 saturated heterocycles. The van der Waals surface area contributed by atoms with E-state index in [2.05, 4.69) is 58.3 Å². The molecule has 1 aromatic rings. The van der Waals surface area contributed by atoms with Gasteiger partial charge in [0.05, 0.1) is 0 Å². The zero-order valence-electron chi connectivity index (χ0n) is 19.1. The van der Waals surface area contributed by atoms with Crippen molar-refractivity contribution in [3.8, 4) is 0 Å². The van der Waals surface area contributed by atoms with Gasteiger partial charge in [0, 0.05) is 53.0 Å². The van der Waals surface area contributed by atoms with Gasteiger partial charge in [0.2, 0.25) is 0 Å². The molecule has 2 aliphatic heterocycles. The standard InChI is InChI=1S/C24H40N4O.HI/c1-20-6-4-5-14-28(20)19-23-9-7-22(8-10-23)18-26-24(25-2)27(3)15-11-21-12-16-29-17-13-21;/h7-10,20-21H,4-6,11-19H2,1-3H3,(H,25,26);1H. The molecule has 0 aromatic heterocycles. The SMILES string of the molecule is CN=C(NCc1ccc(CN2CCCCC2C)cc1)N(C)CCC1CCOCC1.I. The molecule has 30 heavy (non-hydrogen) atoms. The van der Waals surface area contributed by atoms with Gasteiger partial charge in [0.1, 0.15) is 0 Å². The van der Waals surface area contributed by atoms with Crippen molar-refractivity contribution in [3.05, 3.63) is 35.4 Å². The highest BCUT2D eigenvalue weighted by molar-refractivity contribution is 14.0. The van der Waals surface area contributed by atoms with Crippen molar-refractivity contribution in [2.45, 2.75) is 64.6 Å². The summed E-state index contributed by atoms with van der Waals surface area (Å²) < 4.78 is 5.47. The number of benzene rings is 1. The maximum absolute atomic E-state index is 5.47. The first-order chi connectivity index (χ1) is 14.2. The number of rotatable bonds is 7. The van der Waals surface area contributed by atoms with Crippen molar-refractivity contribution in [3.63, 3.8) is 0 Å². The zero-order valence-corrected chi connectivity index (χ0v) is 21.4. The Morgan fingerprint density at radius 3 is 2.50 bits per heavy atom. The molecular formula is C24H41IN4O. The number of guanidine groups is 1. The fourth-order valence-corrected chi connectivity index (χ4v) is 4.47. The average molecular weight is 529 g/mol. The summed E-state index contributed by atoms with van der Waals surface area (Å²) in [6.07, 6.45) is 7.67. The van der Waals surface area contributed by atoms with Gasteiger partial charge in [-0.1, -0.05) is 30.7 Å². The lowest BCUT2D eigenvalue weighted by molar-refractivity contribution is 0.0625. The summed E-state index contributed by atoms with van der Waals surface area (Å²) in [7, 11) is 4.01. The van der Waals surface area contributed by atoms with Crippen molar-refractivity contribution in [2.24, 2.45) is 10.9 Å². The second-order valence-electron chi connectivity index (χ2n) is 8.80. The lowest BCUT2D eigenvalue weighted by Crippen LogP contribution is -2.39. The van der Waals surface area contributed by atoms with Gasteiger partial charge < -0.3 is 15.0 Å². The summed E-state index contributed by atoms with van der Waals surface area (Å²) in [5, 5.41) is 3.52. The van der Waals surface area contributed by atoms with Crippen LogP contribution >= 0.6 is 24.0 Å². The van der Waals surface area contributed by atoms with Crippen LogP contribution in [0.25, 0.3) is 0 Å². The molecule has 2 aliphatic rings. The Labute approximate surface area is 200 Å². The number of aliphatic imine (C=N–C) groups is 1. The summed E-state index contributed by atoms with van der Waals surface area (Å²) in [4.78, 5) is 9.34. The molecule has 6 heteroatoms. The van der Waals surface area contributed by atoms with E-state index in [1.165, 1.54) is 56.2 Å². The Morgan fingerprint density at radius 2 is 1.83 bits per heavy atom. The lowest BCUT2D eigenvalue weighted by atomic mass is 9.96. The third-order valence-corrected chi connectivity index (χ3v) is 6.59. The maximum Gasteiger partial charge on any atom is 0.193 e. The van der Waals surface area contributed by atoms with Crippen molar-refractivity contribution < 1.29 is 4.74 Å². The summed E-state index contributed by atoms with van der Waals surface area (Å²) in [5.74, 6) is 1.77. The smallest absolute Gasteiger partial charge is 0.193 e. The normalized spacial score (nSPS) is 21.2. The van der Waals surface area contributed by atoms with E-state index in [1.807, 2.05) is 7.05 Å². The van der Waals surface area contributed by atoms with Gasteiger partial charge in [0.15, 0.2) is 5.96 Å². The molecule has 1 aromatic carbocycles. The molecule has 170 valence electrons. The fourth-order valence-electron chi connectivity index (χ4n) is 4.47. The molecule has 1 unspecified atom stereocenters. The van der Waals surface area contributed by atoms with E-state index >= 15 is 0 Å². The fraction of sp³-hybridized carbons (Fsp3) is 0.708. The number of halogens is 1. The van der Waals surface area contributed by atoms with Crippen LogP contribution in [0.4, 0.5) is 0 Å². The summed E-state index contributed by atoms with van der Waals surface area (Å²) in [5.41, 5.74) is 2.72. The number of nitrogens with one attached hydrogen (secondary N) is 1. The maximum atomic E-state index is 5.47. The van der Waals surface area contributed by atoms with E-state index < -0.39 is 0 Å². The third-order valence-electron chi connectivity index (χ3n) is 6.59. The monoisotopic (exact) mass is 528 g/mol. The molecule has 1 N–H and O–H groups in total. The Hall–Kier alpha value is -0.860. The molecule has 1 atom stereocenters. The van der Waals surface area contributed by atoms with Crippen LogP contribution in [0.15, 0.2) is 29.3 Å². The molecule has 3 rings (SSSR count). The van der Waals surface area contributed by atoms with Gasteiger partial charge in [-0.2, -0.15) is 0 Å². The molecular weight excluding hydrogens is 487 g/mol. The summed E-state index contributed by atoms with van der Waals surface area (Å²) in [6.45, 7) is 8.38. The molecule has 0 bridgehead atoms. The minimum Gasteiger partial charge on any atom is -0.381 e. The zero-order chi connectivity index (χ0) is 20.5. The van der Waals surface area contributed by atoms with Crippen LogP contribution in [0, 0.1) is 5.92 Å². The van der Waals surface area contributed by atoms with E-state index in [4.69, 9.17) is 4.74 Å². The van der Waals surface area contributed by atoms with Gasteiger partial charge in [0.25, 0.3) is 0 Å². The van der Waals surface area contributed by atoms with Crippen LogP contribution in [0.3, 0.4) is 0 Å². The minimum atomic E-state index is 0. The lowest BCUT2D eigenvalue weighted by Gasteiger charge is -2.33. The molecule has 0 saturated carbocycles. The highest BCUT2D eigenvalue weighted by Crippen LogP contribution is 2.20. The number of nitrogens with zero attached hydrogens (tertiary/aromatic N) is 3. The van der Waals surface area contributed by atoms with Gasteiger partial charge in [-0.15, -0.1) is 24.0 Å². The Kier molecular flexibility index (Phi) is 11.5. The van der Waals surface area contributed by atoms with Gasteiger partial charge in [-0.25, -0.2) is 0 Å². The van der Waals surface area contributed by atoms with Gasteiger partial charge >= 0.3 is 0 Å². The Bertz CT molecular complexity index is 631. The summed E-state index contributed by atoms with van der Waals surface area (Å²) in [6, 6.07) is 9.80. The molecule has 0 aliphatic carbocycles. The second kappa shape index (κ2) is 13.5. The second-order valence-corrected chi connectivity index (χ2v) is 8.80. The first-order valence-electron chi connectivity index (χ1n) is 11.5. The van der Waals surface area contributed by atoms with E-state index in [-0.39, 0.29) is 24.0 Å². The Balaban J connectivity index is 0.00000320. The van der Waals surface area contributed by atoms with Crippen molar-refractivity contribution in [2.75, 3.05) is 40.4 Å². The molecule has 5 nitrogen and oxygen atoms in total. The van der Waals surface area contributed by atoms with Gasteiger partial charge in [-0.3, -0.25) is 9.89 Å². The number of hydrogen-bond donors (Lipinski definition) is 1. The molecule has 2 fully saturated rings. The first kappa shape index (κ1) is 25.4. The molecule has 2 heterocycles. The van der Waals surface area contributed by atoms with E-state index in [1.54, 1.807) is 0 Å². The van der Waals surface area contributed by atoms with Crippen LogP contribution in [0.2, 0.25) is 0 Å². The predicted molar refractivity (Wildman–Crippen MR) is 137 cm³/mol. The number of ether oxygens (including phenoxy) is 1. The average Bonchev–Trinajstić information content (AvgIpc) is 2.76.